The summed E-state index contributed by atoms with van der Waals surface area (Å²) in [4.78, 5) is 12.1. The van der Waals surface area contributed by atoms with Crippen LogP contribution in [0.3, 0.4) is 0 Å². The Balaban J connectivity index is 1.86. The highest BCUT2D eigenvalue weighted by atomic mass is 16.5. The summed E-state index contributed by atoms with van der Waals surface area (Å²) in [6, 6.07) is 7.27. The number of benzene rings is 1. The first-order chi connectivity index (χ1) is 10.0. The molecule has 112 valence electrons. The number of amides is 1. The van der Waals surface area contributed by atoms with Gasteiger partial charge in [-0.1, -0.05) is 12.1 Å². The van der Waals surface area contributed by atoms with Crippen molar-refractivity contribution < 1.29 is 9.53 Å². The van der Waals surface area contributed by atoms with Crippen molar-refractivity contribution in [3.8, 4) is 5.75 Å². The number of nitrogens with one attached hydrogen (secondary N) is 1. The first-order valence-corrected chi connectivity index (χ1v) is 6.76. The van der Waals surface area contributed by atoms with Gasteiger partial charge in [-0.2, -0.15) is 5.10 Å². The van der Waals surface area contributed by atoms with E-state index in [0.29, 0.717) is 30.2 Å². The number of aryl methyl sites for hydroxylation is 2. The van der Waals surface area contributed by atoms with Gasteiger partial charge in [-0.25, -0.2) is 0 Å². The molecular weight excluding hydrogens is 268 g/mol. The normalized spacial score (nSPS) is 10.4. The Morgan fingerprint density at radius 2 is 2.10 bits per heavy atom. The summed E-state index contributed by atoms with van der Waals surface area (Å²) in [6.07, 6.45) is 0. The second kappa shape index (κ2) is 6.30. The third-order valence-electron chi connectivity index (χ3n) is 3.30. The molecule has 21 heavy (non-hydrogen) atoms. The van der Waals surface area contributed by atoms with Crippen LogP contribution < -0.4 is 15.8 Å². The highest BCUT2D eigenvalue weighted by molar-refractivity contribution is 5.96. The monoisotopic (exact) mass is 288 g/mol. The lowest BCUT2D eigenvalue weighted by Crippen LogP contribution is -2.29. The van der Waals surface area contributed by atoms with Crippen LogP contribution in [-0.4, -0.2) is 28.8 Å². The van der Waals surface area contributed by atoms with E-state index in [4.69, 9.17) is 10.5 Å². The Kier molecular flexibility index (Phi) is 4.47. The molecule has 1 heterocycles. The lowest BCUT2D eigenvalue weighted by atomic mass is 10.2. The van der Waals surface area contributed by atoms with Crippen LogP contribution in [0.1, 0.15) is 21.7 Å². The van der Waals surface area contributed by atoms with Crippen molar-refractivity contribution in [2.75, 3.05) is 18.9 Å². The van der Waals surface area contributed by atoms with Crippen LogP contribution in [0.5, 0.6) is 5.75 Å². The smallest absolute Gasteiger partial charge is 0.255 e. The van der Waals surface area contributed by atoms with Crippen molar-refractivity contribution in [3.05, 3.63) is 41.2 Å². The number of hydrogen-bond acceptors (Lipinski definition) is 4. The largest absolute Gasteiger partial charge is 0.490 e. The number of ether oxygens (including phenoxy) is 1. The molecule has 1 aromatic heterocycles. The van der Waals surface area contributed by atoms with Gasteiger partial charge in [0.1, 0.15) is 12.4 Å². The summed E-state index contributed by atoms with van der Waals surface area (Å²) in [5.74, 6) is 0.489. The summed E-state index contributed by atoms with van der Waals surface area (Å²) in [5, 5.41) is 7.05. The molecule has 6 heteroatoms. The third-order valence-corrected chi connectivity index (χ3v) is 3.30. The van der Waals surface area contributed by atoms with Crippen LogP contribution in [0.25, 0.3) is 0 Å². The van der Waals surface area contributed by atoms with E-state index in [0.717, 1.165) is 11.4 Å². The lowest BCUT2D eigenvalue weighted by molar-refractivity contribution is 0.0946. The van der Waals surface area contributed by atoms with Gasteiger partial charge in [-0.05, 0) is 26.0 Å². The van der Waals surface area contributed by atoms with Crippen LogP contribution >= 0.6 is 0 Å². The van der Waals surface area contributed by atoms with Gasteiger partial charge in [-0.3, -0.25) is 9.48 Å². The van der Waals surface area contributed by atoms with Crippen LogP contribution in [0.4, 0.5) is 5.69 Å². The van der Waals surface area contributed by atoms with Crippen LogP contribution in [0, 0.1) is 13.8 Å². The molecule has 0 unspecified atom stereocenters. The van der Waals surface area contributed by atoms with E-state index in [9.17, 15) is 4.79 Å². The van der Waals surface area contributed by atoms with Gasteiger partial charge in [0.05, 0.1) is 23.5 Å². The van der Waals surface area contributed by atoms with Crippen LogP contribution in [0.15, 0.2) is 24.3 Å². The van der Waals surface area contributed by atoms with Gasteiger partial charge in [-0.15, -0.1) is 0 Å². The topological polar surface area (TPSA) is 82.2 Å². The van der Waals surface area contributed by atoms with Crippen molar-refractivity contribution in [3.63, 3.8) is 0 Å². The van der Waals surface area contributed by atoms with Crippen LogP contribution in [-0.2, 0) is 7.05 Å². The molecule has 2 aromatic rings. The summed E-state index contributed by atoms with van der Waals surface area (Å²) >= 11 is 0. The summed E-state index contributed by atoms with van der Waals surface area (Å²) < 4.78 is 7.23. The Morgan fingerprint density at radius 3 is 2.71 bits per heavy atom. The van der Waals surface area contributed by atoms with Gasteiger partial charge in [0.2, 0.25) is 0 Å². The van der Waals surface area contributed by atoms with Gasteiger partial charge in [0.15, 0.2) is 0 Å². The van der Waals surface area contributed by atoms with Gasteiger partial charge >= 0.3 is 0 Å². The van der Waals surface area contributed by atoms with Crippen molar-refractivity contribution in [2.45, 2.75) is 13.8 Å². The number of nitrogens with zero attached hydrogens (tertiary/aromatic N) is 2. The molecule has 2 rings (SSSR count). The summed E-state index contributed by atoms with van der Waals surface area (Å²) in [7, 11) is 1.82. The number of hydrogen-bond donors (Lipinski definition) is 2. The molecule has 0 atom stereocenters. The zero-order valence-corrected chi connectivity index (χ0v) is 12.5. The highest BCUT2D eigenvalue weighted by Crippen LogP contribution is 2.19. The van der Waals surface area contributed by atoms with E-state index in [1.807, 2.05) is 33.0 Å². The molecular formula is C15H20N4O2. The number of rotatable bonds is 5. The molecule has 0 aliphatic rings. The zero-order valence-electron chi connectivity index (χ0n) is 12.5. The number of carbonyl (C=O) groups is 1. The maximum atomic E-state index is 12.1. The molecule has 0 aliphatic carbocycles. The lowest BCUT2D eigenvalue weighted by Gasteiger charge is -2.09. The van der Waals surface area contributed by atoms with E-state index < -0.39 is 0 Å². The first kappa shape index (κ1) is 14.9. The average Bonchev–Trinajstić information content (AvgIpc) is 2.70. The molecule has 0 saturated heterocycles. The fourth-order valence-electron chi connectivity index (χ4n) is 2.13. The zero-order chi connectivity index (χ0) is 15.4. The fraction of sp³-hybridized carbons (Fsp3) is 0.333. The summed E-state index contributed by atoms with van der Waals surface area (Å²) in [5.41, 5.74) is 8.55. The molecule has 0 radical (unpaired) electrons. The predicted octanol–water partition coefficient (Wildman–Crippen LogP) is 1.43. The average molecular weight is 288 g/mol. The Morgan fingerprint density at radius 1 is 1.38 bits per heavy atom. The molecule has 6 nitrogen and oxygen atoms in total. The third kappa shape index (κ3) is 3.34. The minimum absolute atomic E-state index is 0.136. The van der Waals surface area contributed by atoms with Gasteiger partial charge < -0.3 is 15.8 Å². The number of aromatic nitrogens is 2. The Labute approximate surface area is 123 Å². The first-order valence-electron chi connectivity index (χ1n) is 6.76. The minimum Gasteiger partial charge on any atom is -0.490 e. The van der Waals surface area contributed by atoms with E-state index >= 15 is 0 Å². The maximum Gasteiger partial charge on any atom is 0.255 e. The van der Waals surface area contributed by atoms with Gasteiger partial charge in [0.25, 0.3) is 5.91 Å². The fourth-order valence-corrected chi connectivity index (χ4v) is 2.13. The molecule has 0 aliphatic heterocycles. The number of anilines is 1. The quantitative estimate of drug-likeness (QED) is 0.644. The molecule has 1 aromatic carbocycles. The molecule has 0 spiro atoms. The van der Waals surface area contributed by atoms with E-state index in [1.54, 1.807) is 16.8 Å². The Bertz CT molecular complexity index is 649. The Hall–Kier alpha value is -2.50. The number of nitrogens with two attached hydrogens (primary N) is 1. The van der Waals surface area contributed by atoms with Crippen molar-refractivity contribution in [1.29, 1.82) is 0 Å². The van der Waals surface area contributed by atoms with Crippen molar-refractivity contribution in [2.24, 2.45) is 7.05 Å². The van der Waals surface area contributed by atoms with Crippen molar-refractivity contribution in [1.82, 2.24) is 15.1 Å². The van der Waals surface area contributed by atoms with E-state index in [1.165, 1.54) is 0 Å². The standard InChI is InChI=1S/C15H20N4O2/c1-10-14(11(2)19(3)18-10)15(20)17-8-9-21-13-7-5-4-6-12(13)16/h4-7H,8-9,16H2,1-3H3,(H,17,20). The van der Waals surface area contributed by atoms with Crippen LogP contribution in [0.2, 0.25) is 0 Å². The SMILES string of the molecule is Cc1nn(C)c(C)c1C(=O)NCCOc1ccccc1N. The minimum atomic E-state index is -0.136. The second-order valence-electron chi connectivity index (χ2n) is 4.81. The maximum absolute atomic E-state index is 12.1. The molecule has 1 amide bonds. The van der Waals surface area contributed by atoms with E-state index in [-0.39, 0.29) is 5.91 Å². The van der Waals surface area contributed by atoms with Crippen molar-refractivity contribution >= 4 is 11.6 Å². The summed E-state index contributed by atoms with van der Waals surface area (Å²) in [6.45, 7) is 4.46. The molecule has 0 fully saturated rings. The molecule has 0 saturated carbocycles. The van der Waals surface area contributed by atoms with E-state index in [2.05, 4.69) is 10.4 Å². The number of para-hydroxylation sites is 2. The predicted molar refractivity (Wildman–Crippen MR) is 81.4 cm³/mol. The van der Waals surface area contributed by atoms with Gasteiger partial charge in [0, 0.05) is 12.7 Å². The number of carbonyl (C=O) groups excluding carboxylic acids is 1. The number of nitrogen functional groups attached to an aromatic ring is 1. The highest BCUT2D eigenvalue weighted by Gasteiger charge is 2.16. The molecule has 0 bridgehead atoms. The molecule has 3 N–H and O–H groups in total. The second-order valence-corrected chi connectivity index (χ2v) is 4.81.